The smallest absolute Gasteiger partial charge is 0.296 e. The lowest BCUT2D eigenvalue weighted by Crippen LogP contribution is -2.19. The van der Waals surface area contributed by atoms with Crippen LogP contribution >= 0.6 is 0 Å². The maximum absolute atomic E-state index is 11.5. The molecule has 0 radical (unpaired) electrons. The van der Waals surface area contributed by atoms with Crippen LogP contribution in [0.4, 0.5) is 11.4 Å². The number of hydrogen-bond donors (Lipinski definition) is 3. The summed E-state index contributed by atoms with van der Waals surface area (Å²) in [6.07, 6.45) is 0.608. The molecule has 0 aliphatic rings. The number of nitrogens with zero attached hydrogens (tertiary/aromatic N) is 1. The van der Waals surface area contributed by atoms with Crippen LogP contribution in [-0.2, 0) is 4.79 Å². The minimum absolute atomic E-state index is 0.130. The van der Waals surface area contributed by atoms with E-state index in [1.54, 1.807) is 6.92 Å². The van der Waals surface area contributed by atoms with Crippen molar-refractivity contribution in [3.8, 4) is 5.75 Å². The Labute approximate surface area is 104 Å². The van der Waals surface area contributed by atoms with Gasteiger partial charge in [-0.2, -0.15) is 0 Å². The third-order valence-corrected chi connectivity index (χ3v) is 2.31. The zero-order valence-electron chi connectivity index (χ0n) is 9.92. The molecule has 0 saturated carbocycles. The summed E-state index contributed by atoms with van der Waals surface area (Å²) < 4.78 is 0. The van der Waals surface area contributed by atoms with Gasteiger partial charge in [-0.25, -0.2) is 0 Å². The van der Waals surface area contributed by atoms with Crippen molar-refractivity contribution in [2.24, 2.45) is 5.73 Å². The van der Waals surface area contributed by atoms with Crippen LogP contribution in [0.3, 0.4) is 0 Å². The molecule has 18 heavy (non-hydrogen) atoms. The fraction of sp³-hybridized carbons (Fsp3) is 0.364. The molecule has 0 aliphatic carbocycles. The summed E-state index contributed by atoms with van der Waals surface area (Å²) in [5, 5.41) is 22.6. The number of phenolic OH excluding ortho intramolecular Hbond substituents is 1. The highest BCUT2D eigenvalue weighted by Crippen LogP contribution is 2.33. The molecule has 0 heterocycles. The number of nitrogens with one attached hydrogen (secondary N) is 1. The van der Waals surface area contributed by atoms with Crippen molar-refractivity contribution < 1.29 is 14.8 Å². The van der Waals surface area contributed by atoms with Gasteiger partial charge in [0.25, 0.3) is 5.69 Å². The van der Waals surface area contributed by atoms with Crippen LogP contribution in [0.2, 0.25) is 0 Å². The minimum Gasteiger partial charge on any atom is -0.505 e. The first-order chi connectivity index (χ1) is 8.41. The Morgan fingerprint density at radius 1 is 1.61 bits per heavy atom. The van der Waals surface area contributed by atoms with Gasteiger partial charge in [-0.1, -0.05) is 6.07 Å². The Bertz CT molecular complexity index is 460. The van der Waals surface area contributed by atoms with Crippen molar-refractivity contribution in [3.63, 3.8) is 0 Å². The number of benzene rings is 1. The monoisotopic (exact) mass is 253 g/mol. The molecule has 1 rings (SSSR count). The number of anilines is 1. The van der Waals surface area contributed by atoms with Crippen molar-refractivity contribution in [3.05, 3.63) is 28.3 Å². The van der Waals surface area contributed by atoms with Gasteiger partial charge in [0.05, 0.1) is 4.92 Å². The number of aromatic hydroxyl groups is 1. The first-order valence-electron chi connectivity index (χ1n) is 5.43. The van der Waals surface area contributed by atoms with Crippen molar-refractivity contribution in [1.82, 2.24) is 0 Å². The first kappa shape index (κ1) is 13.9. The number of carbonyl (C=O) groups is 1. The first-order valence-corrected chi connectivity index (χ1v) is 5.43. The van der Waals surface area contributed by atoms with Crippen LogP contribution < -0.4 is 11.1 Å². The van der Waals surface area contributed by atoms with E-state index >= 15 is 0 Å². The highest BCUT2D eigenvalue weighted by atomic mass is 16.6. The molecule has 0 saturated heterocycles. The Balaban J connectivity index is 2.83. The molecule has 1 aromatic rings. The van der Waals surface area contributed by atoms with Gasteiger partial charge in [-0.15, -0.1) is 0 Å². The number of nitro groups is 1. The summed E-state index contributed by atoms with van der Waals surface area (Å²) in [7, 11) is 0. The number of nitrogens with two attached hydrogens (primary N) is 1. The van der Waals surface area contributed by atoms with E-state index in [-0.39, 0.29) is 29.6 Å². The van der Waals surface area contributed by atoms with Crippen molar-refractivity contribution in [1.29, 1.82) is 0 Å². The van der Waals surface area contributed by atoms with Crippen LogP contribution in [0, 0.1) is 10.1 Å². The van der Waals surface area contributed by atoms with Gasteiger partial charge in [0.1, 0.15) is 5.75 Å². The molecule has 0 bridgehead atoms. The predicted octanol–water partition coefficient (Wildman–Crippen LogP) is 1.37. The third kappa shape index (κ3) is 3.70. The normalized spacial score (nSPS) is 11.9. The van der Waals surface area contributed by atoms with Gasteiger partial charge in [0, 0.05) is 18.5 Å². The molecule has 4 N–H and O–H groups in total. The molecular formula is C11H15N3O4. The second kappa shape index (κ2) is 5.97. The molecule has 1 unspecified atom stereocenters. The SMILES string of the molecule is CC(N)CCC(=O)Nc1c(O)cccc1[N+](=O)[O-]. The topological polar surface area (TPSA) is 118 Å². The summed E-state index contributed by atoms with van der Waals surface area (Å²) in [4.78, 5) is 21.6. The van der Waals surface area contributed by atoms with E-state index in [0.717, 1.165) is 0 Å². The van der Waals surface area contributed by atoms with Crippen molar-refractivity contribution in [2.75, 3.05) is 5.32 Å². The molecule has 7 heteroatoms. The van der Waals surface area contributed by atoms with E-state index in [9.17, 15) is 20.0 Å². The maximum Gasteiger partial charge on any atom is 0.296 e. The molecule has 98 valence electrons. The van der Waals surface area contributed by atoms with E-state index in [0.29, 0.717) is 6.42 Å². The highest BCUT2D eigenvalue weighted by molar-refractivity contribution is 5.94. The quantitative estimate of drug-likeness (QED) is 0.416. The number of carbonyl (C=O) groups excluding carboxylic acids is 1. The minimum atomic E-state index is -0.666. The third-order valence-electron chi connectivity index (χ3n) is 2.31. The fourth-order valence-corrected chi connectivity index (χ4v) is 1.37. The number of rotatable bonds is 5. The number of amides is 1. The summed E-state index contributed by atoms with van der Waals surface area (Å²) in [6, 6.07) is 3.69. The second-order valence-electron chi connectivity index (χ2n) is 3.99. The molecule has 0 fully saturated rings. The van der Waals surface area contributed by atoms with E-state index in [1.165, 1.54) is 18.2 Å². The van der Waals surface area contributed by atoms with Gasteiger partial charge in [-0.3, -0.25) is 14.9 Å². The number of hydrogen-bond acceptors (Lipinski definition) is 5. The lowest BCUT2D eigenvalue weighted by molar-refractivity contribution is -0.384. The summed E-state index contributed by atoms with van der Waals surface area (Å²) in [5.74, 6) is -0.754. The molecule has 0 aliphatic heterocycles. The molecule has 1 aromatic carbocycles. The highest BCUT2D eigenvalue weighted by Gasteiger charge is 2.19. The summed E-state index contributed by atoms with van der Waals surface area (Å²) >= 11 is 0. The Kier molecular flexibility index (Phi) is 4.61. The van der Waals surface area contributed by atoms with Gasteiger partial charge >= 0.3 is 0 Å². The predicted molar refractivity (Wildman–Crippen MR) is 66.3 cm³/mol. The van der Waals surface area contributed by atoms with Gasteiger partial charge in [0.2, 0.25) is 5.91 Å². The standard InChI is InChI=1S/C11H15N3O4/c1-7(12)5-6-10(16)13-11-8(14(17)18)3-2-4-9(11)15/h2-4,7,15H,5-6,12H2,1H3,(H,13,16). The Hall–Kier alpha value is -2.15. The Morgan fingerprint density at radius 3 is 2.83 bits per heavy atom. The van der Waals surface area contributed by atoms with Gasteiger partial charge < -0.3 is 16.2 Å². The number of para-hydroxylation sites is 1. The van der Waals surface area contributed by atoms with Crippen molar-refractivity contribution >= 4 is 17.3 Å². The lowest BCUT2D eigenvalue weighted by Gasteiger charge is -2.08. The second-order valence-corrected chi connectivity index (χ2v) is 3.99. The average molecular weight is 253 g/mol. The van der Waals surface area contributed by atoms with Gasteiger partial charge in [-0.05, 0) is 19.4 Å². The summed E-state index contributed by atoms with van der Waals surface area (Å²) in [6.45, 7) is 1.76. The number of phenols is 1. The zero-order valence-corrected chi connectivity index (χ0v) is 9.92. The largest absolute Gasteiger partial charge is 0.505 e. The van der Waals surface area contributed by atoms with E-state index in [1.807, 2.05) is 0 Å². The van der Waals surface area contributed by atoms with Crippen LogP contribution in [0.25, 0.3) is 0 Å². The fourth-order valence-electron chi connectivity index (χ4n) is 1.37. The van der Waals surface area contributed by atoms with E-state index in [2.05, 4.69) is 5.32 Å². The molecule has 0 spiro atoms. The molecular weight excluding hydrogens is 238 g/mol. The summed E-state index contributed by atoms with van der Waals surface area (Å²) in [5.41, 5.74) is 4.98. The van der Waals surface area contributed by atoms with Crippen LogP contribution in [0.5, 0.6) is 5.75 Å². The average Bonchev–Trinajstić information content (AvgIpc) is 2.28. The van der Waals surface area contributed by atoms with Gasteiger partial charge in [0.15, 0.2) is 5.69 Å². The molecule has 1 atom stereocenters. The van der Waals surface area contributed by atoms with Crippen LogP contribution in [0.15, 0.2) is 18.2 Å². The maximum atomic E-state index is 11.5. The lowest BCUT2D eigenvalue weighted by atomic mass is 10.2. The Morgan fingerprint density at radius 2 is 2.28 bits per heavy atom. The zero-order chi connectivity index (χ0) is 13.7. The molecule has 1 amide bonds. The van der Waals surface area contributed by atoms with Crippen molar-refractivity contribution in [2.45, 2.75) is 25.8 Å². The van der Waals surface area contributed by atoms with E-state index < -0.39 is 10.8 Å². The number of nitro benzene ring substituents is 1. The molecule has 0 aromatic heterocycles. The van der Waals surface area contributed by atoms with Crippen LogP contribution in [0.1, 0.15) is 19.8 Å². The molecule has 7 nitrogen and oxygen atoms in total. The van der Waals surface area contributed by atoms with Crippen LogP contribution in [-0.4, -0.2) is 22.0 Å². The van der Waals surface area contributed by atoms with E-state index in [4.69, 9.17) is 5.73 Å².